The topological polar surface area (TPSA) is 50.8 Å². The summed E-state index contributed by atoms with van der Waals surface area (Å²) in [6, 6.07) is 8.99. The van der Waals surface area contributed by atoms with Crippen molar-refractivity contribution in [3.05, 3.63) is 35.4 Å². The zero-order chi connectivity index (χ0) is 18.2. The molecule has 0 aromatic heterocycles. The lowest BCUT2D eigenvalue weighted by Gasteiger charge is -2.35. The molecule has 2 saturated heterocycles. The largest absolute Gasteiger partial charge is 0.379 e. The van der Waals surface area contributed by atoms with Crippen molar-refractivity contribution in [3.63, 3.8) is 0 Å². The molecular weight excluding hydrogens is 328 g/mol. The summed E-state index contributed by atoms with van der Waals surface area (Å²) in [5.74, 6) is 0.0975. The number of hydrogen-bond acceptors (Lipinski definition) is 4. The molecule has 1 N–H and O–H groups in total. The van der Waals surface area contributed by atoms with Gasteiger partial charge in [0.15, 0.2) is 0 Å². The predicted octanol–water partition coefficient (Wildman–Crippen LogP) is 2.70. The molecule has 0 bridgehead atoms. The van der Waals surface area contributed by atoms with Gasteiger partial charge in [-0.3, -0.25) is 9.69 Å². The number of amides is 1. The summed E-state index contributed by atoms with van der Waals surface area (Å²) in [5.41, 5.74) is 2.60. The Morgan fingerprint density at radius 1 is 1.19 bits per heavy atom. The maximum absolute atomic E-state index is 12.4. The summed E-state index contributed by atoms with van der Waals surface area (Å²) in [5, 5.41) is 3.15. The molecule has 26 heavy (non-hydrogen) atoms. The number of carbonyl (C=O) groups excluding carboxylic acids is 1. The smallest absolute Gasteiger partial charge is 0.222 e. The Morgan fingerprint density at radius 2 is 1.96 bits per heavy atom. The Labute approximate surface area is 157 Å². The highest BCUT2D eigenvalue weighted by Gasteiger charge is 2.24. The molecular formula is C21H32N2O3. The standard InChI is InChI=1S/C21H32N2O3/c1-2-17-6-8-18(9-7-17)20(23-10-13-25-14-11-23)16-22-21(24)15-19-5-3-4-12-26-19/h6-9,19-20H,2-5,10-16H2,1H3,(H,22,24). The van der Waals surface area contributed by atoms with Gasteiger partial charge in [-0.1, -0.05) is 31.2 Å². The fourth-order valence-electron chi connectivity index (χ4n) is 3.78. The number of benzene rings is 1. The highest BCUT2D eigenvalue weighted by Crippen LogP contribution is 2.22. The van der Waals surface area contributed by atoms with Gasteiger partial charge in [-0.05, 0) is 36.8 Å². The number of ether oxygens (including phenoxy) is 2. The van der Waals surface area contributed by atoms with E-state index in [1.54, 1.807) is 0 Å². The minimum absolute atomic E-state index is 0.0921. The maximum atomic E-state index is 12.4. The molecule has 5 heteroatoms. The van der Waals surface area contributed by atoms with E-state index in [9.17, 15) is 4.79 Å². The summed E-state index contributed by atoms with van der Waals surface area (Å²) in [7, 11) is 0. The van der Waals surface area contributed by atoms with E-state index >= 15 is 0 Å². The number of hydrogen-bond donors (Lipinski definition) is 1. The first-order chi connectivity index (χ1) is 12.8. The molecule has 0 radical (unpaired) electrons. The zero-order valence-corrected chi connectivity index (χ0v) is 15.9. The highest BCUT2D eigenvalue weighted by molar-refractivity contribution is 5.76. The zero-order valence-electron chi connectivity index (χ0n) is 15.9. The van der Waals surface area contributed by atoms with Crippen molar-refractivity contribution in [2.75, 3.05) is 39.5 Å². The molecule has 2 unspecified atom stereocenters. The Balaban J connectivity index is 1.59. The monoisotopic (exact) mass is 360 g/mol. The molecule has 1 aromatic carbocycles. The fraction of sp³-hybridized carbons (Fsp3) is 0.667. The van der Waals surface area contributed by atoms with Crippen LogP contribution in [0.4, 0.5) is 0 Å². The number of rotatable bonds is 7. The second-order valence-corrected chi connectivity index (χ2v) is 7.26. The molecule has 1 aromatic rings. The average molecular weight is 360 g/mol. The van der Waals surface area contributed by atoms with E-state index in [1.807, 2.05) is 0 Å². The van der Waals surface area contributed by atoms with Crippen molar-refractivity contribution in [1.82, 2.24) is 10.2 Å². The lowest BCUT2D eigenvalue weighted by atomic mass is 10.0. The Bertz CT molecular complexity index is 549. The van der Waals surface area contributed by atoms with Gasteiger partial charge in [-0.2, -0.15) is 0 Å². The minimum atomic E-state index is 0.0921. The van der Waals surface area contributed by atoms with E-state index in [0.717, 1.165) is 58.6 Å². The van der Waals surface area contributed by atoms with Crippen molar-refractivity contribution in [1.29, 1.82) is 0 Å². The number of morpholine rings is 1. The summed E-state index contributed by atoms with van der Waals surface area (Å²) in [6.45, 7) is 6.92. The molecule has 3 rings (SSSR count). The molecule has 0 saturated carbocycles. The van der Waals surface area contributed by atoms with E-state index in [1.165, 1.54) is 11.1 Å². The lowest BCUT2D eigenvalue weighted by Crippen LogP contribution is -2.44. The van der Waals surface area contributed by atoms with Gasteiger partial charge in [-0.25, -0.2) is 0 Å². The molecule has 1 amide bonds. The van der Waals surface area contributed by atoms with E-state index in [4.69, 9.17) is 9.47 Å². The van der Waals surface area contributed by atoms with Crippen molar-refractivity contribution >= 4 is 5.91 Å². The van der Waals surface area contributed by atoms with Crippen LogP contribution in [0.2, 0.25) is 0 Å². The van der Waals surface area contributed by atoms with Crippen LogP contribution in [0.15, 0.2) is 24.3 Å². The Hall–Kier alpha value is -1.43. The van der Waals surface area contributed by atoms with Crippen molar-refractivity contribution in [2.24, 2.45) is 0 Å². The summed E-state index contributed by atoms with van der Waals surface area (Å²) in [4.78, 5) is 14.8. The van der Waals surface area contributed by atoms with Crippen LogP contribution in [0.25, 0.3) is 0 Å². The summed E-state index contributed by atoms with van der Waals surface area (Å²) in [6.07, 6.45) is 4.89. The van der Waals surface area contributed by atoms with E-state index in [0.29, 0.717) is 13.0 Å². The van der Waals surface area contributed by atoms with Crippen LogP contribution in [0.3, 0.4) is 0 Å². The van der Waals surface area contributed by atoms with Crippen LogP contribution in [-0.4, -0.2) is 56.4 Å². The normalized spacial score (nSPS) is 22.7. The number of aryl methyl sites for hydroxylation is 1. The Morgan fingerprint density at radius 3 is 2.62 bits per heavy atom. The van der Waals surface area contributed by atoms with Crippen LogP contribution in [0.5, 0.6) is 0 Å². The molecule has 0 spiro atoms. The minimum Gasteiger partial charge on any atom is -0.379 e. The average Bonchev–Trinajstić information content (AvgIpc) is 2.70. The Kier molecular flexibility index (Phi) is 7.47. The number of carbonyl (C=O) groups is 1. The van der Waals surface area contributed by atoms with Crippen molar-refractivity contribution < 1.29 is 14.3 Å². The predicted molar refractivity (Wildman–Crippen MR) is 102 cm³/mol. The molecule has 2 aliphatic heterocycles. The van der Waals surface area contributed by atoms with Crippen molar-refractivity contribution in [3.8, 4) is 0 Å². The molecule has 2 aliphatic rings. The van der Waals surface area contributed by atoms with E-state index in [-0.39, 0.29) is 18.1 Å². The van der Waals surface area contributed by atoms with Crippen LogP contribution in [0.1, 0.15) is 49.8 Å². The van der Waals surface area contributed by atoms with Gasteiger partial charge in [-0.15, -0.1) is 0 Å². The molecule has 2 fully saturated rings. The second-order valence-electron chi connectivity index (χ2n) is 7.26. The van der Waals surface area contributed by atoms with Gasteiger partial charge in [0, 0.05) is 26.2 Å². The highest BCUT2D eigenvalue weighted by atomic mass is 16.5. The van der Waals surface area contributed by atoms with Crippen LogP contribution in [-0.2, 0) is 20.7 Å². The van der Waals surface area contributed by atoms with Gasteiger partial charge in [0.05, 0.1) is 31.8 Å². The van der Waals surface area contributed by atoms with Gasteiger partial charge in [0.2, 0.25) is 5.91 Å². The molecule has 5 nitrogen and oxygen atoms in total. The SMILES string of the molecule is CCc1ccc(C(CNC(=O)CC2CCCCO2)N2CCOCC2)cc1. The first-order valence-electron chi connectivity index (χ1n) is 10.0. The maximum Gasteiger partial charge on any atom is 0.222 e. The van der Waals surface area contributed by atoms with Gasteiger partial charge < -0.3 is 14.8 Å². The third-order valence-electron chi connectivity index (χ3n) is 5.44. The van der Waals surface area contributed by atoms with Gasteiger partial charge >= 0.3 is 0 Å². The molecule has 2 heterocycles. The number of nitrogens with zero attached hydrogens (tertiary/aromatic N) is 1. The van der Waals surface area contributed by atoms with Crippen LogP contribution in [0, 0.1) is 0 Å². The first-order valence-corrected chi connectivity index (χ1v) is 10.0. The fourth-order valence-corrected chi connectivity index (χ4v) is 3.78. The van der Waals surface area contributed by atoms with Crippen LogP contribution >= 0.6 is 0 Å². The summed E-state index contributed by atoms with van der Waals surface area (Å²) >= 11 is 0. The molecule has 2 atom stereocenters. The van der Waals surface area contributed by atoms with Crippen LogP contribution < -0.4 is 5.32 Å². The van der Waals surface area contributed by atoms with Crippen molar-refractivity contribution in [2.45, 2.75) is 51.2 Å². The van der Waals surface area contributed by atoms with E-state index < -0.39 is 0 Å². The van der Waals surface area contributed by atoms with Gasteiger partial charge in [0.25, 0.3) is 0 Å². The first kappa shape index (κ1) is 19.3. The molecule has 0 aliphatic carbocycles. The lowest BCUT2D eigenvalue weighted by molar-refractivity contribution is -0.125. The number of nitrogens with one attached hydrogen (secondary N) is 1. The van der Waals surface area contributed by atoms with E-state index in [2.05, 4.69) is 41.4 Å². The third kappa shape index (κ3) is 5.53. The molecule has 144 valence electrons. The third-order valence-corrected chi connectivity index (χ3v) is 5.44. The van der Waals surface area contributed by atoms with Gasteiger partial charge in [0.1, 0.15) is 0 Å². The quantitative estimate of drug-likeness (QED) is 0.812. The second kappa shape index (κ2) is 10.0. The summed E-state index contributed by atoms with van der Waals surface area (Å²) < 4.78 is 11.2.